The molecule has 6 N–H and O–H groups in total. The van der Waals surface area contributed by atoms with Gasteiger partial charge in [0.15, 0.2) is 0 Å². The first-order valence-electron chi connectivity index (χ1n) is 5.42. The molecule has 7 nitrogen and oxygen atoms in total. The highest BCUT2D eigenvalue weighted by Gasteiger charge is 2.44. The SMILES string of the molecule is NC(=O)CC(N)C(=O)NCC1(C(=O)O)CCC1. The fraction of sp³-hybridized carbons (Fsp3) is 0.700. The lowest BCUT2D eigenvalue weighted by atomic mass is 9.69. The van der Waals surface area contributed by atoms with Crippen molar-refractivity contribution in [2.45, 2.75) is 31.7 Å². The van der Waals surface area contributed by atoms with Gasteiger partial charge in [-0.05, 0) is 12.8 Å². The second-order valence-corrected chi connectivity index (χ2v) is 4.43. The van der Waals surface area contributed by atoms with E-state index in [-0.39, 0.29) is 13.0 Å². The number of hydrogen-bond acceptors (Lipinski definition) is 4. The fourth-order valence-electron chi connectivity index (χ4n) is 1.77. The lowest BCUT2D eigenvalue weighted by Gasteiger charge is -2.37. The van der Waals surface area contributed by atoms with Crippen molar-refractivity contribution >= 4 is 17.8 Å². The molecule has 1 atom stereocenters. The minimum absolute atomic E-state index is 0.0492. The molecule has 1 fully saturated rings. The molecule has 0 heterocycles. The Morgan fingerprint density at radius 1 is 1.35 bits per heavy atom. The summed E-state index contributed by atoms with van der Waals surface area (Å²) >= 11 is 0. The van der Waals surface area contributed by atoms with Crippen molar-refractivity contribution in [3.63, 3.8) is 0 Å². The van der Waals surface area contributed by atoms with Crippen molar-refractivity contribution in [2.75, 3.05) is 6.54 Å². The summed E-state index contributed by atoms with van der Waals surface area (Å²) in [6.45, 7) is 0.0492. The molecule has 1 saturated carbocycles. The summed E-state index contributed by atoms with van der Waals surface area (Å²) in [5.74, 6) is -2.12. The second-order valence-electron chi connectivity index (χ2n) is 4.43. The molecular formula is C10H17N3O4. The number of nitrogens with one attached hydrogen (secondary N) is 1. The van der Waals surface area contributed by atoms with Crippen LogP contribution in [0.4, 0.5) is 0 Å². The van der Waals surface area contributed by atoms with Crippen molar-refractivity contribution in [1.29, 1.82) is 0 Å². The summed E-state index contributed by atoms with van der Waals surface area (Å²) in [5, 5.41) is 11.5. The van der Waals surface area contributed by atoms with Gasteiger partial charge < -0.3 is 21.9 Å². The third-order valence-corrected chi connectivity index (χ3v) is 3.12. The van der Waals surface area contributed by atoms with Gasteiger partial charge in [-0.25, -0.2) is 0 Å². The Kier molecular flexibility index (Phi) is 4.06. The third kappa shape index (κ3) is 3.16. The molecule has 1 aliphatic carbocycles. The zero-order valence-corrected chi connectivity index (χ0v) is 9.44. The predicted octanol–water partition coefficient (Wildman–Crippen LogP) is -1.44. The molecule has 7 heteroatoms. The van der Waals surface area contributed by atoms with Crippen LogP contribution in [0.25, 0.3) is 0 Å². The first-order valence-corrected chi connectivity index (χ1v) is 5.42. The first-order chi connectivity index (χ1) is 7.87. The molecule has 1 aliphatic rings. The number of hydrogen-bond donors (Lipinski definition) is 4. The molecule has 0 aromatic carbocycles. The number of carboxylic acids is 1. The predicted molar refractivity (Wildman–Crippen MR) is 58.7 cm³/mol. The van der Waals surface area contributed by atoms with Gasteiger partial charge in [0.25, 0.3) is 0 Å². The van der Waals surface area contributed by atoms with Crippen LogP contribution in [0.3, 0.4) is 0 Å². The van der Waals surface area contributed by atoms with Crippen LogP contribution < -0.4 is 16.8 Å². The minimum Gasteiger partial charge on any atom is -0.481 e. The highest BCUT2D eigenvalue weighted by molar-refractivity contribution is 5.88. The van der Waals surface area contributed by atoms with Crippen LogP contribution in [-0.4, -0.2) is 35.5 Å². The Bertz CT molecular complexity index is 338. The van der Waals surface area contributed by atoms with Crippen LogP contribution in [0.5, 0.6) is 0 Å². The summed E-state index contributed by atoms with van der Waals surface area (Å²) in [5.41, 5.74) is 9.47. The number of amides is 2. The maximum atomic E-state index is 11.5. The molecule has 0 spiro atoms. The number of carbonyl (C=O) groups excluding carboxylic acids is 2. The Morgan fingerprint density at radius 2 is 1.94 bits per heavy atom. The lowest BCUT2D eigenvalue weighted by Crippen LogP contribution is -2.51. The van der Waals surface area contributed by atoms with E-state index < -0.39 is 29.2 Å². The second kappa shape index (κ2) is 5.13. The molecule has 2 amide bonds. The van der Waals surface area contributed by atoms with Gasteiger partial charge in [-0.15, -0.1) is 0 Å². The summed E-state index contributed by atoms with van der Waals surface area (Å²) < 4.78 is 0. The Morgan fingerprint density at radius 3 is 2.29 bits per heavy atom. The molecule has 0 aliphatic heterocycles. The van der Waals surface area contributed by atoms with Crippen LogP contribution in [0.1, 0.15) is 25.7 Å². The van der Waals surface area contributed by atoms with Crippen molar-refractivity contribution in [1.82, 2.24) is 5.32 Å². The fourth-order valence-corrected chi connectivity index (χ4v) is 1.77. The van der Waals surface area contributed by atoms with Gasteiger partial charge in [-0.1, -0.05) is 6.42 Å². The van der Waals surface area contributed by atoms with Gasteiger partial charge in [0.05, 0.1) is 17.9 Å². The van der Waals surface area contributed by atoms with E-state index in [0.29, 0.717) is 12.8 Å². The van der Waals surface area contributed by atoms with Crippen molar-refractivity contribution < 1.29 is 19.5 Å². The molecule has 0 saturated heterocycles. The zero-order chi connectivity index (χ0) is 13.1. The quantitative estimate of drug-likeness (QED) is 0.453. The summed E-state index contributed by atoms with van der Waals surface area (Å²) in [7, 11) is 0. The maximum absolute atomic E-state index is 11.5. The Labute approximate surface area is 98.5 Å². The van der Waals surface area contributed by atoms with Gasteiger partial charge in [0.2, 0.25) is 11.8 Å². The molecule has 96 valence electrons. The number of primary amides is 1. The van der Waals surface area contributed by atoms with E-state index >= 15 is 0 Å². The molecule has 0 radical (unpaired) electrons. The van der Waals surface area contributed by atoms with E-state index in [4.69, 9.17) is 16.6 Å². The van der Waals surface area contributed by atoms with E-state index in [9.17, 15) is 14.4 Å². The van der Waals surface area contributed by atoms with Crippen LogP contribution in [-0.2, 0) is 14.4 Å². The number of aliphatic carboxylic acids is 1. The molecule has 0 aromatic rings. The van der Waals surface area contributed by atoms with Crippen molar-refractivity contribution in [3.8, 4) is 0 Å². The minimum atomic E-state index is -1.02. The van der Waals surface area contributed by atoms with Gasteiger partial charge in [-0.3, -0.25) is 14.4 Å². The van der Waals surface area contributed by atoms with E-state index in [1.807, 2.05) is 0 Å². The highest BCUT2D eigenvalue weighted by atomic mass is 16.4. The number of carboxylic acid groups (broad SMARTS) is 1. The largest absolute Gasteiger partial charge is 0.481 e. The van der Waals surface area contributed by atoms with Crippen LogP contribution in [0.2, 0.25) is 0 Å². The molecule has 17 heavy (non-hydrogen) atoms. The molecule has 1 rings (SSSR count). The summed E-state index contributed by atoms with van der Waals surface area (Å²) in [6.07, 6.45) is 1.70. The van der Waals surface area contributed by atoms with E-state index in [1.165, 1.54) is 0 Å². The van der Waals surface area contributed by atoms with E-state index in [1.54, 1.807) is 0 Å². The third-order valence-electron chi connectivity index (χ3n) is 3.12. The summed E-state index contributed by atoms with van der Waals surface area (Å²) in [6, 6.07) is -1.02. The number of carbonyl (C=O) groups is 3. The Balaban J connectivity index is 2.42. The monoisotopic (exact) mass is 243 g/mol. The van der Waals surface area contributed by atoms with Crippen LogP contribution in [0.15, 0.2) is 0 Å². The Hall–Kier alpha value is -1.63. The van der Waals surface area contributed by atoms with Crippen LogP contribution >= 0.6 is 0 Å². The highest BCUT2D eigenvalue weighted by Crippen LogP contribution is 2.40. The normalized spacial score (nSPS) is 18.9. The molecule has 0 aromatic heterocycles. The lowest BCUT2D eigenvalue weighted by molar-refractivity contribution is -0.154. The number of nitrogens with two attached hydrogens (primary N) is 2. The first kappa shape index (κ1) is 13.4. The van der Waals surface area contributed by atoms with Crippen molar-refractivity contribution in [3.05, 3.63) is 0 Å². The smallest absolute Gasteiger partial charge is 0.311 e. The van der Waals surface area contributed by atoms with Gasteiger partial charge >= 0.3 is 5.97 Å². The van der Waals surface area contributed by atoms with Crippen molar-refractivity contribution in [2.24, 2.45) is 16.9 Å². The molecule has 1 unspecified atom stereocenters. The van der Waals surface area contributed by atoms with Gasteiger partial charge in [-0.2, -0.15) is 0 Å². The van der Waals surface area contributed by atoms with Gasteiger partial charge in [0.1, 0.15) is 0 Å². The molecule has 0 bridgehead atoms. The average Bonchev–Trinajstić information content (AvgIpc) is 2.13. The molecular weight excluding hydrogens is 226 g/mol. The zero-order valence-electron chi connectivity index (χ0n) is 9.44. The van der Waals surface area contributed by atoms with E-state index in [0.717, 1.165) is 6.42 Å². The standard InChI is InChI=1S/C10H17N3O4/c11-6(4-7(12)14)8(15)13-5-10(9(16)17)2-1-3-10/h6H,1-5,11H2,(H2,12,14)(H,13,15)(H,16,17). The number of rotatable bonds is 6. The maximum Gasteiger partial charge on any atom is 0.311 e. The average molecular weight is 243 g/mol. The van der Waals surface area contributed by atoms with Gasteiger partial charge in [0, 0.05) is 6.54 Å². The summed E-state index contributed by atoms with van der Waals surface area (Å²) in [4.78, 5) is 33.0. The van der Waals surface area contributed by atoms with E-state index in [2.05, 4.69) is 5.32 Å². The van der Waals surface area contributed by atoms with Crippen LogP contribution in [0, 0.1) is 5.41 Å². The topological polar surface area (TPSA) is 136 Å².